The maximum atomic E-state index is 9.09. The summed E-state index contributed by atoms with van der Waals surface area (Å²) in [7, 11) is 0. The second-order valence-corrected chi connectivity index (χ2v) is 5.16. The first kappa shape index (κ1) is 15.3. The highest BCUT2D eigenvalue weighted by molar-refractivity contribution is 5.31. The van der Waals surface area contributed by atoms with Crippen LogP contribution in [0.1, 0.15) is 49.6 Å². The lowest BCUT2D eigenvalue weighted by molar-refractivity contribution is 0.517. The molecule has 2 aromatic rings. The molecule has 1 N–H and O–H groups in total. The van der Waals surface area contributed by atoms with E-state index in [1.54, 1.807) is 6.20 Å². The van der Waals surface area contributed by atoms with E-state index in [0.717, 1.165) is 24.9 Å². The summed E-state index contributed by atoms with van der Waals surface area (Å²) in [6, 6.07) is 8.53. The smallest absolute Gasteiger partial charge is 0.145 e. The van der Waals surface area contributed by atoms with E-state index in [2.05, 4.69) is 53.2 Å². The number of aromatic nitrogens is 2. The summed E-state index contributed by atoms with van der Waals surface area (Å²) in [5.41, 5.74) is 2.76. The van der Waals surface area contributed by atoms with Crippen molar-refractivity contribution in [2.75, 3.05) is 6.54 Å². The summed E-state index contributed by atoms with van der Waals surface area (Å²) in [4.78, 5) is 4.11. The molecule has 4 heteroatoms. The summed E-state index contributed by atoms with van der Waals surface area (Å²) < 4.78 is 2.11. The molecule has 0 aliphatic rings. The Balaban J connectivity index is 2.11. The molecule has 0 amide bonds. The van der Waals surface area contributed by atoms with E-state index in [0.29, 0.717) is 18.3 Å². The van der Waals surface area contributed by atoms with Gasteiger partial charge >= 0.3 is 0 Å². The highest BCUT2D eigenvalue weighted by Crippen LogP contribution is 2.18. The molecule has 0 aliphatic heterocycles. The standard InChI is InChI=1S/C17H22N4/c1-3-8-19-16(4-2)15-7-10-21(13-15)12-14-6-5-9-20-17(14)11-18/h5-7,9-10,13,16,19H,3-4,8,12H2,1-2H3. The van der Waals surface area contributed by atoms with Crippen molar-refractivity contribution in [3.05, 3.63) is 53.6 Å². The van der Waals surface area contributed by atoms with Gasteiger partial charge in [0.15, 0.2) is 0 Å². The third kappa shape index (κ3) is 3.93. The van der Waals surface area contributed by atoms with E-state index in [-0.39, 0.29) is 0 Å². The maximum absolute atomic E-state index is 9.09. The molecule has 2 heterocycles. The first-order chi connectivity index (χ1) is 10.3. The van der Waals surface area contributed by atoms with Crippen LogP contribution in [-0.4, -0.2) is 16.1 Å². The van der Waals surface area contributed by atoms with E-state index in [9.17, 15) is 0 Å². The summed E-state index contributed by atoms with van der Waals surface area (Å²) >= 11 is 0. The fourth-order valence-electron chi connectivity index (χ4n) is 2.44. The zero-order valence-electron chi connectivity index (χ0n) is 12.7. The van der Waals surface area contributed by atoms with Crippen molar-refractivity contribution in [1.82, 2.24) is 14.9 Å². The highest BCUT2D eigenvalue weighted by atomic mass is 15.0. The minimum Gasteiger partial charge on any atom is -0.349 e. The first-order valence-corrected chi connectivity index (χ1v) is 7.51. The van der Waals surface area contributed by atoms with Gasteiger partial charge in [0.2, 0.25) is 0 Å². The molecule has 21 heavy (non-hydrogen) atoms. The molecule has 2 rings (SSSR count). The van der Waals surface area contributed by atoms with Crippen LogP contribution < -0.4 is 5.32 Å². The second kappa shape index (κ2) is 7.61. The molecular weight excluding hydrogens is 260 g/mol. The van der Waals surface area contributed by atoms with Crippen molar-refractivity contribution < 1.29 is 0 Å². The minimum atomic E-state index is 0.399. The van der Waals surface area contributed by atoms with Gasteiger partial charge in [-0.3, -0.25) is 0 Å². The minimum absolute atomic E-state index is 0.399. The highest BCUT2D eigenvalue weighted by Gasteiger charge is 2.10. The first-order valence-electron chi connectivity index (χ1n) is 7.51. The molecule has 0 fully saturated rings. The molecular formula is C17H22N4. The van der Waals surface area contributed by atoms with Gasteiger partial charge in [-0.1, -0.05) is 19.9 Å². The van der Waals surface area contributed by atoms with E-state index in [1.807, 2.05) is 12.1 Å². The van der Waals surface area contributed by atoms with Crippen LogP contribution in [0.5, 0.6) is 0 Å². The SMILES string of the molecule is CCCNC(CC)c1ccn(Cc2cccnc2C#N)c1. The van der Waals surface area contributed by atoms with Gasteiger partial charge in [-0.05, 0) is 37.1 Å². The lowest BCUT2D eigenvalue weighted by atomic mass is 10.1. The van der Waals surface area contributed by atoms with Gasteiger partial charge in [0.25, 0.3) is 0 Å². The Morgan fingerprint density at radius 2 is 2.24 bits per heavy atom. The van der Waals surface area contributed by atoms with Gasteiger partial charge < -0.3 is 9.88 Å². The van der Waals surface area contributed by atoms with E-state index < -0.39 is 0 Å². The zero-order valence-corrected chi connectivity index (χ0v) is 12.7. The third-order valence-electron chi connectivity index (χ3n) is 3.57. The van der Waals surface area contributed by atoms with E-state index in [4.69, 9.17) is 5.26 Å². The quantitative estimate of drug-likeness (QED) is 0.848. The average Bonchev–Trinajstić information content (AvgIpc) is 2.97. The van der Waals surface area contributed by atoms with Crippen molar-refractivity contribution in [3.8, 4) is 6.07 Å². The number of hydrogen-bond acceptors (Lipinski definition) is 3. The van der Waals surface area contributed by atoms with Crippen LogP contribution >= 0.6 is 0 Å². The Labute approximate surface area is 126 Å². The monoisotopic (exact) mass is 282 g/mol. The van der Waals surface area contributed by atoms with Gasteiger partial charge in [-0.25, -0.2) is 4.98 Å². The number of pyridine rings is 1. The summed E-state index contributed by atoms with van der Waals surface area (Å²) in [6.45, 7) is 6.09. The number of nitrogens with one attached hydrogen (secondary N) is 1. The average molecular weight is 282 g/mol. The van der Waals surface area contributed by atoms with Crippen LogP contribution in [0.2, 0.25) is 0 Å². The molecule has 4 nitrogen and oxygen atoms in total. The molecule has 0 saturated heterocycles. The normalized spacial score (nSPS) is 12.0. The van der Waals surface area contributed by atoms with E-state index >= 15 is 0 Å². The molecule has 0 aliphatic carbocycles. The Hall–Kier alpha value is -2.12. The van der Waals surface area contributed by atoms with Crippen molar-refractivity contribution >= 4 is 0 Å². The fraction of sp³-hybridized carbons (Fsp3) is 0.412. The molecule has 0 spiro atoms. The van der Waals surface area contributed by atoms with Crippen molar-refractivity contribution in [3.63, 3.8) is 0 Å². The third-order valence-corrected chi connectivity index (χ3v) is 3.57. The van der Waals surface area contributed by atoms with Crippen LogP contribution in [-0.2, 0) is 6.54 Å². The van der Waals surface area contributed by atoms with Crippen molar-refractivity contribution in [2.24, 2.45) is 0 Å². The van der Waals surface area contributed by atoms with Crippen LogP contribution in [0.15, 0.2) is 36.8 Å². The predicted octanol–water partition coefficient (Wildman–Crippen LogP) is 3.25. The Bertz CT molecular complexity index is 609. The van der Waals surface area contributed by atoms with E-state index in [1.165, 1.54) is 5.56 Å². The largest absolute Gasteiger partial charge is 0.349 e. The van der Waals surface area contributed by atoms with Gasteiger partial charge in [0, 0.05) is 36.7 Å². The van der Waals surface area contributed by atoms with Crippen LogP contribution in [0, 0.1) is 11.3 Å². The lowest BCUT2D eigenvalue weighted by Gasteiger charge is -2.15. The van der Waals surface area contributed by atoms with Gasteiger partial charge in [-0.2, -0.15) is 5.26 Å². The molecule has 110 valence electrons. The van der Waals surface area contributed by atoms with Crippen LogP contribution in [0.3, 0.4) is 0 Å². The fourth-order valence-corrected chi connectivity index (χ4v) is 2.44. The van der Waals surface area contributed by atoms with Crippen molar-refractivity contribution in [1.29, 1.82) is 5.26 Å². The second-order valence-electron chi connectivity index (χ2n) is 5.16. The molecule has 0 radical (unpaired) electrons. The van der Waals surface area contributed by atoms with Gasteiger partial charge in [0.1, 0.15) is 11.8 Å². The number of nitriles is 1. The zero-order chi connectivity index (χ0) is 15.1. The summed E-state index contributed by atoms with van der Waals surface area (Å²) in [5, 5.41) is 12.7. The van der Waals surface area contributed by atoms with Crippen LogP contribution in [0.25, 0.3) is 0 Å². The molecule has 1 atom stereocenters. The molecule has 0 aromatic carbocycles. The number of hydrogen-bond donors (Lipinski definition) is 1. The molecule has 1 unspecified atom stereocenters. The van der Waals surface area contributed by atoms with Gasteiger partial charge in [0.05, 0.1) is 0 Å². The summed E-state index contributed by atoms with van der Waals surface area (Å²) in [6.07, 6.45) is 8.09. The Kier molecular flexibility index (Phi) is 5.53. The Morgan fingerprint density at radius 3 is 2.95 bits per heavy atom. The Morgan fingerprint density at radius 1 is 1.38 bits per heavy atom. The number of nitrogens with zero attached hydrogens (tertiary/aromatic N) is 3. The molecule has 0 bridgehead atoms. The van der Waals surface area contributed by atoms with Crippen LogP contribution in [0.4, 0.5) is 0 Å². The van der Waals surface area contributed by atoms with Crippen molar-refractivity contribution in [2.45, 2.75) is 39.3 Å². The summed E-state index contributed by atoms with van der Waals surface area (Å²) in [5.74, 6) is 0. The predicted molar refractivity (Wildman–Crippen MR) is 83.8 cm³/mol. The molecule has 0 saturated carbocycles. The van der Waals surface area contributed by atoms with Gasteiger partial charge in [-0.15, -0.1) is 0 Å². The molecule has 2 aromatic heterocycles. The maximum Gasteiger partial charge on any atom is 0.145 e. The number of rotatable bonds is 7. The lowest BCUT2D eigenvalue weighted by Crippen LogP contribution is -2.21. The topological polar surface area (TPSA) is 53.6 Å².